The van der Waals surface area contributed by atoms with Gasteiger partial charge in [0.1, 0.15) is 29.9 Å². The van der Waals surface area contributed by atoms with E-state index >= 15 is 0 Å². The summed E-state index contributed by atoms with van der Waals surface area (Å²) in [5.41, 5.74) is 2.80. The molecule has 112 valence electrons. The normalized spacial score (nSPS) is 11.4. The van der Waals surface area contributed by atoms with Crippen molar-refractivity contribution in [2.24, 2.45) is 4.99 Å². The molecule has 0 amide bonds. The second kappa shape index (κ2) is 6.78. The van der Waals surface area contributed by atoms with Crippen LogP contribution in [0.5, 0.6) is 0 Å². The van der Waals surface area contributed by atoms with Gasteiger partial charge in [-0.1, -0.05) is 17.7 Å². The first-order chi connectivity index (χ1) is 10.8. The van der Waals surface area contributed by atoms with E-state index in [2.05, 4.69) is 20.4 Å². The third-order valence-electron chi connectivity index (χ3n) is 2.84. The smallest absolute Gasteiger partial charge is 0.165 e. The maximum absolute atomic E-state index is 13.5. The Morgan fingerprint density at radius 2 is 2.27 bits per heavy atom. The van der Waals surface area contributed by atoms with E-state index in [0.717, 1.165) is 10.2 Å². The summed E-state index contributed by atoms with van der Waals surface area (Å²) >= 11 is 7.41. The first-order valence-corrected chi connectivity index (χ1v) is 7.52. The molecule has 0 bridgehead atoms. The Balaban J connectivity index is 1.60. The van der Waals surface area contributed by atoms with Gasteiger partial charge < -0.3 is 0 Å². The van der Waals surface area contributed by atoms with E-state index in [0.29, 0.717) is 10.8 Å². The number of aliphatic imine (C=N–C) groups is 1. The minimum Gasteiger partial charge on any atom is -0.270 e. The van der Waals surface area contributed by atoms with Gasteiger partial charge in [-0.2, -0.15) is 0 Å². The third kappa shape index (κ3) is 3.22. The van der Waals surface area contributed by atoms with E-state index in [1.54, 1.807) is 6.07 Å². The minimum atomic E-state index is -0.415. The van der Waals surface area contributed by atoms with Crippen LogP contribution in [0.1, 0.15) is 5.56 Å². The van der Waals surface area contributed by atoms with Crippen LogP contribution in [-0.4, -0.2) is 16.3 Å². The number of aromatic nitrogens is 2. The van der Waals surface area contributed by atoms with Crippen molar-refractivity contribution >= 4 is 45.3 Å². The van der Waals surface area contributed by atoms with Gasteiger partial charge in [0.05, 0.1) is 5.39 Å². The van der Waals surface area contributed by atoms with Crippen LogP contribution in [0, 0.1) is 5.82 Å². The van der Waals surface area contributed by atoms with E-state index in [9.17, 15) is 4.39 Å². The van der Waals surface area contributed by atoms with E-state index in [4.69, 9.17) is 16.4 Å². The fourth-order valence-electron chi connectivity index (χ4n) is 1.79. The molecule has 1 aromatic carbocycles. The summed E-state index contributed by atoms with van der Waals surface area (Å²) in [5.74, 6) is 0.119. The number of hydroxylamine groups is 1. The van der Waals surface area contributed by atoms with Gasteiger partial charge in [-0.15, -0.1) is 11.3 Å². The third-order valence-corrected chi connectivity index (χ3v) is 4.02. The van der Waals surface area contributed by atoms with Gasteiger partial charge in [-0.3, -0.25) is 10.3 Å². The molecular weight excluding hydrogens is 327 g/mol. The highest BCUT2D eigenvalue weighted by Gasteiger charge is 2.06. The molecule has 2 aromatic heterocycles. The van der Waals surface area contributed by atoms with Gasteiger partial charge in [0.2, 0.25) is 0 Å². The molecule has 0 aliphatic heterocycles. The van der Waals surface area contributed by atoms with Crippen molar-refractivity contribution in [1.82, 2.24) is 15.4 Å². The summed E-state index contributed by atoms with van der Waals surface area (Å²) in [7, 11) is 0. The lowest BCUT2D eigenvalue weighted by Crippen LogP contribution is -2.12. The van der Waals surface area contributed by atoms with Crippen molar-refractivity contribution in [3.05, 3.63) is 52.4 Å². The Morgan fingerprint density at radius 3 is 3.14 bits per heavy atom. The molecule has 3 aromatic rings. The van der Waals surface area contributed by atoms with E-state index in [1.165, 1.54) is 36.1 Å². The average molecular weight is 337 g/mol. The van der Waals surface area contributed by atoms with Crippen LogP contribution >= 0.6 is 22.9 Å². The van der Waals surface area contributed by atoms with Gasteiger partial charge in [0, 0.05) is 10.6 Å². The monoisotopic (exact) mass is 336 g/mol. The topological polar surface area (TPSA) is 59.4 Å². The van der Waals surface area contributed by atoms with Crippen LogP contribution in [0.25, 0.3) is 10.2 Å². The van der Waals surface area contributed by atoms with Crippen molar-refractivity contribution in [3.63, 3.8) is 0 Å². The molecule has 0 saturated carbocycles. The van der Waals surface area contributed by atoms with Crippen LogP contribution in [0.3, 0.4) is 0 Å². The van der Waals surface area contributed by atoms with Crippen LogP contribution < -0.4 is 5.48 Å². The molecular formula is C14H10ClFN4OS. The second-order valence-electron chi connectivity index (χ2n) is 4.20. The zero-order valence-corrected chi connectivity index (χ0v) is 12.7. The van der Waals surface area contributed by atoms with Crippen molar-refractivity contribution in [2.75, 3.05) is 0 Å². The van der Waals surface area contributed by atoms with Crippen molar-refractivity contribution in [3.8, 4) is 0 Å². The minimum absolute atomic E-state index is 0.0187. The number of hydrogen-bond donors (Lipinski definition) is 1. The Morgan fingerprint density at radius 1 is 1.36 bits per heavy atom. The summed E-state index contributed by atoms with van der Waals surface area (Å²) < 4.78 is 13.5. The standard InChI is InChI=1S/C14H10ClFN4OS/c15-11-2-1-3-12(16)10(11)6-21-20-8-18-13-9-4-5-22-14(9)19-7-17-13/h1-5,7-8H,6H2,(H,17,18,19,20). The molecule has 5 nitrogen and oxygen atoms in total. The molecule has 2 heterocycles. The fourth-order valence-corrected chi connectivity index (χ4v) is 2.73. The van der Waals surface area contributed by atoms with Crippen molar-refractivity contribution in [2.45, 2.75) is 6.61 Å². The van der Waals surface area contributed by atoms with Gasteiger partial charge in [-0.05, 0) is 23.6 Å². The van der Waals surface area contributed by atoms with Crippen molar-refractivity contribution in [1.29, 1.82) is 0 Å². The van der Waals surface area contributed by atoms with Crippen LogP contribution in [0.4, 0.5) is 10.2 Å². The van der Waals surface area contributed by atoms with E-state index in [-0.39, 0.29) is 12.2 Å². The predicted octanol–water partition coefficient (Wildman–Crippen LogP) is 3.87. The molecule has 0 aliphatic rings. The van der Waals surface area contributed by atoms with Gasteiger partial charge in [0.15, 0.2) is 5.82 Å². The molecule has 3 rings (SSSR count). The highest BCUT2D eigenvalue weighted by molar-refractivity contribution is 7.16. The molecule has 1 N–H and O–H groups in total. The molecule has 0 atom stereocenters. The zero-order chi connectivity index (χ0) is 15.4. The fraction of sp³-hybridized carbons (Fsp3) is 0.0714. The van der Waals surface area contributed by atoms with E-state index < -0.39 is 5.82 Å². The summed E-state index contributed by atoms with van der Waals surface area (Å²) in [6, 6.07) is 6.36. The molecule has 0 fully saturated rings. The highest BCUT2D eigenvalue weighted by atomic mass is 35.5. The lowest BCUT2D eigenvalue weighted by Gasteiger charge is -2.05. The number of nitrogens with zero attached hydrogens (tertiary/aromatic N) is 3. The lowest BCUT2D eigenvalue weighted by atomic mass is 10.2. The van der Waals surface area contributed by atoms with Gasteiger partial charge in [0.25, 0.3) is 0 Å². The molecule has 0 unspecified atom stereocenters. The quantitative estimate of drug-likeness (QED) is 0.332. The summed E-state index contributed by atoms with van der Waals surface area (Å²) in [6.07, 6.45) is 2.79. The summed E-state index contributed by atoms with van der Waals surface area (Å²) in [5, 5.41) is 3.10. The highest BCUT2D eigenvalue weighted by Crippen LogP contribution is 2.25. The van der Waals surface area contributed by atoms with Crippen LogP contribution in [0.2, 0.25) is 5.02 Å². The van der Waals surface area contributed by atoms with Gasteiger partial charge >= 0.3 is 0 Å². The lowest BCUT2D eigenvalue weighted by molar-refractivity contribution is 0.0726. The van der Waals surface area contributed by atoms with Crippen LogP contribution in [0.15, 0.2) is 41.0 Å². The number of rotatable bonds is 5. The van der Waals surface area contributed by atoms with Crippen molar-refractivity contribution < 1.29 is 9.23 Å². The van der Waals surface area contributed by atoms with Crippen LogP contribution in [-0.2, 0) is 11.4 Å². The Hall–Kier alpha value is -2.09. The van der Waals surface area contributed by atoms with E-state index in [1.807, 2.05) is 11.4 Å². The maximum atomic E-state index is 13.5. The number of thiophene rings is 1. The number of hydrogen-bond acceptors (Lipinski definition) is 5. The molecule has 8 heteroatoms. The molecule has 0 aliphatic carbocycles. The first kappa shape index (κ1) is 14.8. The van der Waals surface area contributed by atoms with Gasteiger partial charge in [-0.25, -0.2) is 19.4 Å². The Kier molecular flexibility index (Phi) is 4.57. The number of benzene rings is 1. The first-order valence-electron chi connectivity index (χ1n) is 6.26. The Labute approximate surface area is 134 Å². The largest absolute Gasteiger partial charge is 0.270 e. The Bertz CT molecular complexity index is 803. The predicted molar refractivity (Wildman–Crippen MR) is 84.9 cm³/mol. The molecule has 0 spiro atoms. The summed E-state index contributed by atoms with van der Waals surface area (Å²) in [4.78, 5) is 18.4. The molecule has 22 heavy (non-hydrogen) atoms. The second-order valence-corrected chi connectivity index (χ2v) is 5.50. The summed E-state index contributed by atoms with van der Waals surface area (Å²) in [6.45, 7) is -0.0187. The zero-order valence-electron chi connectivity index (χ0n) is 11.2. The molecule has 0 saturated heterocycles. The number of nitrogens with one attached hydrogen (secondary N) is 1. The SMILES string of the molecule is Fc1cccc(Cl)c1CONC=Nc1ncnc2sccc12. The average Bonchev–Trinajstić information content (AvgIpc) is 2.99. The molecule has 0 radical (unpaired) electrons. The number of halogens is 2. The number of fused-ring (bicyclic) bond motifs is 1. The maximum Gasteiger partial charge on any atom is 0.165 e.